The number of hydrogen-bond acceptors (Lipinski definition) is 9. The van der Waals surface area contributed by atoms with Crippen LogP contribution in [0.5, 0.6) is 0 Å². The van der Waals surface area contributed by atoms with Gasteiger partial charge in [-0.05, 0) is 67.3 Å². The Hall–Kier alpha value is -4.62. The summed E-state index contributed by atoms with van der Waals surface area (Å²) in [4.78, 5) is 43.8. The molecule has 42 heavy (non-hydrogen) atoms. The average molecular weight is 596 g/mol. The van der Waals surface area contributed by atoms with E-state index in [4.69, 9.17) is 11.1 Å². The molecule has 0 aliphatic carbocycles. The standard InChI is InChI=1S/C29H33N5O7S/c1-16(2)13-21(15-35)34-27(36)19-8-12-22(24(14-19)29(38)41-42(4,39)40)23-11-5-17(3)32-25(23)28(37)33-20-9-6-18(7-10-20)26(30)31/h5-12,14,16,21,35H,13,15H2,1-4H3,(H3,30,31)(H,33,37)(H,34,36)/t21-/m0/s1. The molecular weight excluding hydrogens is 562 g/mol. The lowest BCUT2D eigenvalue weighted by Crippen LogP contribution is -2.38. The Morgan fingerprint density at radius 2 is 1.62 bits per heavy atom. The van der Waals surface area contributed by atoms with E-state index < -0.39 is 33.9 Å². The largest absolute Gasteiger partial charge is 0.394 e. The molecule has 2 aromatic carbocycles. The van der Waals surface area contributed by atoms with Crippen LogP contribution in [0.4, 0.5) is 5.69 Å². The van der Waals surface area contributed by atoms with E-state index in [1.165, 1.54) is 18.2 Å². The molecule has 0 saturated carbocycles. The summed E-state index contributed by atoms with van der Waals surface area (Å²) in [5, 5.41) is 22.6. The molecule has 0 saturated heterocycles. The van der Waals surface area contributed by atoms with Crippen molar-refractivity contribution in [2.24, 2.45) is 11.7 Å². The van der Waals surface area contributed by atoms with E-state index in [1.54, 1.807) is 43.3 Å². The van der Waals surface area contributed by atoms with Crippen molar-refractivity contribution in [3.05, 3.63) is 82.7 Å². The fraction of sp³-hybridized carbons (Fsp3) is 0.276. The number of carbonyl (C=O) groups excluding carboxylic acids is 3. The minimum absolute atomic E-state index is 0.0121. The van der Waals surface area contributed by atoms with Crippen molar-refractivity contribution in [1.29, 1.82) is 5.41 Å². The van der Waals surface area contributed by atoms with Gasteiger partial charge in [0.05, 0.1) is 24.5 Å². The fourth-order valence-electron chi connectivity index (χ4n) is 4.16. The second kappa shape index (κ2) is 13.4. The lowest BCUT2D eigenvalue weighted by atomic mass is 9.95. The van der Waals surface area contributed by atoms with Gasteiger partial charge in [-0.2, -0.15) is 8.42 Å². The summed E-state index contributed by atoms with van der Waals surface area (Å²) in [7, 11) is -4.23. The molecule has 0 aliphatic heterocycles. The predicted molar refractivity (Wildman–Crippen MR) is 158 cm³/mol. The Morgan fingerprint density at radius 1 is 1.00 bits per heavy atom. The van der Waals surface area contributed by atoms with Gasteiger partial charge in [-0.3, -0.25) is 15.0 Å². The Labute approximate surface area is 243 Å². The van der Waals surface area contributed by atoms with Crippen molar-refractivity contribution in [3.63, 3.8) is 0 Å². The molecule has 0 fully saturated rings. The van der Waals surface area contributed by atoms with Crippen LogP contribution in [0.3, 0.4) is 0 Å². The Bertz CT molecular complexity index is 1620. The van der Waals surface area contributed by atoms with Crippen LogP contribution in [-0.4, -0.2) is 61.0 Å². The second-order valence-electron chi connectivity index (χ2n) is 10.1. The molecule has 0 unspecified atom stereocenters. The van der Waals surface area contributed by atoms with Gasteiger partial charge in [-0.15, -0.1) is 0 Å². The van der Waals surface area contributed by atoms with E-state index in [-0.39, 0.29) is 46.3 Å². The summed E-state index contributed by atoms with van der Waals surface area (Å²) in [5.74, 6) is -2.42. The van der Waals surface area contributed by atoms with Crippen molar-refractivity contribution < 1.29 is 32.1 Å². The van der Waals surface area contributed by atoms with Crippen molar-refractivity contribution in [2.75, 3.05) is 18.2 Å². The number of carbonyl (C=O) groups is 3. The number of rotatable bonds is 11. The molecule has 3 aromatic rings. The van der Waals surface area contributed by atoms with Gasteiger partial charge < -0.3 is 25.7 Å². The highest BCUT2D eigenvalue weighted by Crippen LogP contribution is 2.30. The van der Waals surface area contributed by atoms with E-state index >= 15 is 0 Å². The number of amides is 2. The molecule has 0 spiro atoms. The van der Waals surface area contributed by atoms with Gasteiger partial charge in [-0.25, -0.2) is 9.78 Å². The first kappa shape index (κ1) is 31.9. The summed E-state index contributed by atoms with van der Waals surface area (Å²) in [6, 6.07) is 12.8. The van der Waals surface area contributed by atoms with Gasteiger partial charge in [0.1, 0.15) is 11.5 Å². The van der Waals surface area contributed by atoms with Crippen LogP contribution >= 0.6 is 0 Å². The molecule has 1 atom stereocenters. The number of amidine groups is 1. The lowest BCUT2D eigenvalue weighted by Gasteiger charge is -2.19. The molecule has 0 aliphatic rings. The molecule has 3 rings (SSSR count). The molecule has 222 valence electrons. The first-order chi connectivity index (χ1) is 19.7. The van der Waals surface area contributed by atoms with Gasteiger partial charge >= 0.3 is 16.1 Å². The Morgan fingerprint density at radius 3 is 2.19 bits per heavy atom. The maximum Gasteiger partial charge on any atom is 0.354 e. The maximum atomic E-state index is 13.4. The molecule has 1 heterocycles. The zero-order chi connectivity index (χ0) is 31.2. The topological polar surface area (TPSA) is 202 Å². The quantitative estimate of drug-likeness (QED) is 0.125. The van der Waals surface area contributed by atoms with E-state index in [9.17, 15) is 27.9 Å². The highest BCUT2D eigenvalue weighted by Gasteiger charge is 2.25. The highest BCUT2D eigenvalue weighted by atomic mass is 32.2. The van der Waals surface area contributed by atoms with Crippen LogP contribution in [-0.2, 0) is 14.3 Å². The third kappa shape index (κ3) is 8.44. The molecule has 2 amide bonds. The van der Waals surface area contributed by atoms with Crippen molar-refractivity contribution >= 4 is 39.4 Å². The number of aliphatic hydroxyl groups is 1. The van der Waals surface area contributed by atoms with Crippen LogP contribution < -0.4 is 16.4 Å². The van der Waals surface area contributed by atoms with E-state index in [1.807, 2.05) is 13.8 Å². The van der Waals surface area contributed by atoms with Gasteiger partial charge in [0.15, 0.2) is 0 Å². The minimum Gasteiger partial charge on any atom is -0.394 e. The number of nitrogen functional groups attached to an aromatic ring is 1. The van der Waals surface area contributed by atoms with Gasteiger partial charge in [0.2, 0.25) is 0 Å². The number of aromatic nitrogens is 1. The highest BCUT2D eigenvalue weighted by molar-refractivity contribution is 7.86. The van der Waals surface area contributed by atoms with E-state index in [0.717, 1.165) is 0 Å². The first-order valence-electron chi connectivity index (χ1n) is 12.9. The normalized spacial score (nSPS) is 12.0. The number of anilines is 1. The van der Waals surface area contributed by atoms with Gasteiger partial charge in [-0.1, -0.05) is 26.0 Å². The van der Waals surface area contributed by atoms with E-state index in [2.05, 4.69) is 19.8 Å². The van der Waals surface area contributed by atoms with Gasteiger partial charge in [0.25, 0.3) is 11.8 Å². The summed E-state index contributed by atoms with van der Waals surface area (Å²) >= 11 is 0. The van der Waals surface area contributed by atoms with Gasteiger partial charge in [0, 0.05) is 28.1 Å². The number of nitrogens with one attached hydrogen (secondary N) is 3. The fourth-order valence-corrected chi connectivity index (χ4v) is 4.52. The predicted octanol–water partition coefficient (Wildman–Crippen LogP) is 2.85. The summed E-state index contributed by atoms with van der Waals surface area (Å²) in [6.45, 7) is 5.25. The summed E-state index contributed by atoms with van der Waals surface area (Å²) in [6.07, 6.45) is 1.22. The Balaban J connectivity index is 2.08. The molecule has 1 aromatic heterocycles. The summed E-state index contributed by atoms with van der Waals surface area (Å²) in [5.41, 5.74) is 6.77. The zero-order valence-corrected chi connectivity index (χ0v) is 24.4. The molecule has 0 bridgehead atoms. The monoisotopic (exact) mass is 595 g/mol. The number of nitrogens with zero attached hydrogens (tertiary/aromatic N) is 1. The van der Waals surface area contributed by atoms with Crippen LogP contribution in [0, 0.1) is 18.3 Å². The van der Waals surface area contributed by atoms with Crippen LogP contribution in [0.15, 0.2) is 54.6 Å². The molecule has 0 radical (unpaired) electrons. The Kier molecular flexibility index (Phi) is 10.1. The second-order valence-corrected chi connectivity index (χ2v) is 11.7. The van der Waals surface area contributed by atoms with Crippen LogP contribution in [0.25, 0.3) is 11.1 Å². The first-order valence-corrected chi connectivity index (χ1v) is 14.7. The molecule has 13 heteroatoms. The third-order valence-electron chi connectivity index (χ3n) is 6.03. The number of nitrogens with two attached hydrogens (primary N) is 1. The van der Waals surface area contributed by atoms with Crippen molar-refractivity contribution in [3.8, 4) is 11.1 Å². The number of benzene rings is 2. The smallest absolute Gasteiger partial charge is 0.354 e. The van der Waals surface area contributed by atoms with E-state index in [0.29, 0.717) is 29.6 Å². The van der Waals surface area contributed by atoms with Crippen LogP contribution in [0.1, 0.15) is 62.7 Å². The summed E-state index contributed by atoms with van der Waals surface area (Å²) < 4.78 is 28.3. The third-order valence-corrected chi connectivity index (χ3v) is 6.49. The molecule has 6 N–H and O–H groups in total. The zero-order valence-electron chi connectivity index (χ0n) is 23.6. The number of aryl methyl sites for hydroxylation is 1. The van der Waals surface area contributed by atoms with Crippen LogP contribution in [0.2, 0.25) is 0 Å². The minimum atomic E-state index is -4.23. The lowest BCUT2D eigenvalue weighted by molar-refractivity contribution is 0.0748. The maximum absolute atomic E-state index is 13.4. The van der Waals surface area contributed by atoms with Crippen molar-refractivity contribution in [1.82, 2.24) is 10.3 Å². The SMILES string of the molecule is Cc1ccc(-c2ccc(C(=O)N[C@H](CO)CC(C)C)cc2C(=O)OS(C)(=O)=O)c(C(=O)Nc2ccc(C(=N)N)cc2)n1. The molecular formula is C29H33N5O7S. The number of hydrogen-bond donors (Lipinski definition) is 5. The number of aliphatic hydroxyl groups excluding tert-OH is 1. The average Bonchev–Trinajstić information content (AvgIpc) is 2.91. The molecule has 12 nitrogen and oxygen atoms in total. The van der Waals surface area contributed by atoms with Crippen molar-refractivity contribution in [2.45, 2.75) is 33.2 Å². The number of pyridine rings is 1.